The third-order valence-corrected chi connectivity index (χ3v) is 6.33. The van der Waals surface area contributed by atoms with Crippen LogP contribution in [0.2, 0.25) is 0 Å². The number of ether oxygens (including phenoxy) is 2. The third-order valence-electron chi connectivity index (χ3n) is 6.33. The van der Waals surface area contributed by atoms with Gasteiger partial charge in [-0.25, -0.2) is 4.79 Å². The Kier molecular flexibility index (Phi) is 7.67. The van der Waals surface area contributed by atoms with E-state index in [9.17, 15) is 14.7 Å². The Balaban J connectivity index is 1.65. The first-order valence-electron chi connectivity index (χ1n) is 11.7. The lowest BCUT2D eigenvalue weighted by Crippen LogP contribution is -2.52. The minimum atomic E-state index is -1.05. The van der Waals surface area contributed by atoms with Crippen molar-refractivity contribution < 1.29 is 24.2 Å². The monoisotopic (exact) mass is 474 g/mol. The number of para-hydroxylation sites is 1. The number of carboxylic acid groups (broad SMARTS) is 1. The number of methoxy groups -OCH3 is 2. The molecule has 0 bridgehead atoms. The van der Waals surface area contributed by atoms with Gasteiger partial charge < -0.3 is 19.9 Å². The quantitative estimate of drug-likeness (QED) is 0.484. The summed E-state index contributed by atoms with van der Waals surface area (Å²) in [6, 6.07) is 20.8. The van der Waals surface area contributed by atoms with Gasteiger partial charge in [-0.2, -0.15) is 0 Å². The summed E-state index contributed by atoms with van der Waals surface area (Å²) in [7, 11) is 3.22. The topological polar surface area (TPSA) is 88.1 Å². The van der Waals surface area contributed by atoms with Gasteiger partial charge in [0.25, 0.3) is 0 Å². The summed E-state index contributed by atoms with van der Waals surface area (Å²) < 4.78 is 11.0. The van der Waals surface area contributed by atoms with Gasteiger partial charge in [-0.1, -0.05) is 48.5 Å². The van der Waals surface area contributed by atoms with Crippen molar-refractivity contribution in [1.29, 1.82) is 0 Å². The highest BCUT2D eigenvalue weighted by molar-refractivity contribution is 6.02. The molecule has 4 rings (SSSR count). The van der Waals surface area contributed by atoms with Gasteiger partial charge in [0.1, 0.15) is 17.5 Å². The molecule has 2 atom stereocenters. The summed E-state index contributed by atoms with van der Waals surface area (Å²) in [4.78, 5) is 27.3. The number of anilines is 1. The summed E-state index contributed by atoms with van der Waals surface area (Å²) in [5.41, 5.74) is 3.10. The van der Waals surface area contributed by atoms with Crippen LogP contribution in [-0.4, -0.2) is 49.8 Å². The van der Waals surface area contributed by atoms with E-state index < -0.39 is 12.0 Å². The normalized spacial score (nSPS) is 15.9. The van der Waals surface area contributed by atoms with Crippen molar-refractivity contribution in [1.82, 2.24) is 5.32 Å². The maximum absolute atomic E-state index is 13.4. The highest BCUT2D eigenvalue weighted by atomic mass is 16.5. The number of benzene rings is 3. The lowest BCUT2D eigenvalue weighted by atomic mass is 9.98. The highest BCUT2D eigenvalue weighted by Crippen LogP contribution is 2.38. The van der Waals surface area contributed by atoms with Crippen LogP contribution in [0.1, 0.15) is 18.4 Å². The number of carbonyl (C=O) groups excluding carboxylic acids is 1. The van der Waals surface area contributed by atoms with Crippen LogP contribution in [0.4, 0.5) is 5.69 Å². The summed E-state index contributed by atoms with van der Waals surface area (Å²) in [6.45, 7) is 0.755. The summed E-state index contributed by atoms with van der Waals surface area (Å²) in [5, 5.41) is 13.4. The van der Waals surface area contributed by atoms with E-state index in [0.717, 1.165) is 29.7 Å². The first-order valence-corrected chi connectivity index (χ1v) is 11.7. The average Bonchev–Trinajstić information content (AvgIpc) is 3.44. The maximum atomic E-state index is 13.4. The maximum Gasteiger partial charge on any atom is 0.327 e. The molecular weight excluding hydrogens is 444 g/mol. The van der Waals surface area contributed by atoms with Crippen molar-refractivity contribution in [2.75, 3.05) is 25.7 Å². The van der Waals surface area contributed by atoms with E-state index in [0.29, 0.717) is 23.6 Å². The molecule has 1 aliphatic heterocycles. The van der Waals surface area contributed by atoms with Crippen molar-refractivity contribution in [3.8, 4) is 22.6 Å². The Morgan fingerprint density at radius 1 is 0.971 bits per heavy atom. The second kappa shape index (κ2) is 11.1. The van der Waals surface area contributed by atoms with Crippen LogP contribution in [0.15, 0.2) is 72.8 Å². The fraction of sp³-hybridized carbons (Fsp3) is 0.286. The number of aliphatic carboxylic acids is 1. The number of hydrogen-bond donors (Lipinski definition) is 2. The number of carbonyl (C=O) groups is 2. The number of carboxylic acids is 1. The Morgan fingerprint density at radius 3 is 2.17 bits per heavy atom. The molecule has 1 amide bonds. The molecule has 7 nitrogen and oxygen atoms in total. The number of amides is 1. The molecule has 0 saturated carbocycles. The Morgan fingerprint density at radius 2 is 1.63 bits per heavy atom. The molecule has 0 aromatic heterocycles. The SMILES string of the molecule is COc1cccc(OC)c1-c1ccc(C[C@@H](C(=O)O)N(C(=O)[C@@H]2CCCN2)c2ccccc2)cc1. The van der Waals surface area contributed by atoms with Crippen LogP contribution in [0.25, 0.3) is 11.1 Å². The molecule has 3 aromatic rings. The molecule has 2 N–H and O–H groups in total. The van der Waals surface area contributed by atoms with Crippen molar-refractivity contribution in [3.05, 3.63) is 78.4 Å². The fourth-order valence-electron chi connectivity index (χ4n) is 4.57. The molecule has 3 aromatic carbocycles. The lowest BCUT2D eigenvalue weighted by molar-refractivity contribution is -0.140. The number of nitrogens with zero attached hydrogens (tertiary/aromatic N) is 1. The second-order valence-corrected chi connectivity index (χ2v) is 8.49. The summed E-state index contributed by atoms with van der Waals surface area (Å²) in [5.74, 6) is 0.114. The van der Waals surface area contributed by atoms with E-state index in [2.05, 4.69) is 5.32 Å². The predicted molar refractivity (Wildman–Crippen MR) is 135 cm³/mol. The van der Waals surface area contributed by atoms with Crippen molar-refractivity contribution in [2.24, 2.45) is 0 Å². The van der Waals surface area contributed by atoms with Crippen molar-refractivity contribution >= 4 is 17.6 Å². The van der Waals surface area contributed by atoms with E-state index in [1.54, 1.807) is 26.4 Å². The zero-order valence-corrected chi connectivity index (χ0v) is 19.9. The molecule has 35 heavy (non-hydrogen) atoms. The smallest absolute Gasteiger partial charge is 0.327 e. The largest absolute Gasteiger partial charge is 0.496 e. The minimum absolute atomic E-state index is 0.173. The van der Waals surface area contributed by atoms with E-state index in [1.807, 2.05) is 60.7 Å². The van der Waals surface area contributed by atoms with Gasteiger partial charge in [-0.05, 0) is 54.8 Å². The number of hydrogen-bond acceptors (Lipinski definition) is 5. The van der Waals surface area contributed by atoms with Gasteiger partial charge in [0.15, 0.2) is 0 Å². The fourth-order valence-corrected chi connectivity index (χ4v) is 4.57. The number of rotatable bonds is 9. The van der Waals surface area contributed by atoms with E-state index in [4.69, 9.17) is 9.47 Å². The third kappa shape index (κ3) is 5.30. The Hall–Kier alpha value is -3.84. The molecule has 0 unspecified atom stereocenters. The molecule has 182 valence electrons. The predicted octanol–water partition coefficient (Wildman–Crippen LogP) is 4.15. The van der Waals surface area contributed by atoms with Gasteiger partial charge in [0.05, 0.1) is 25.8 Å². The van der Waals surface area contributed by atoms with Gasteiger partial charge in [-0.15, -0.1) is 0 Å². The van der Waals surface area contributed by atoms with Crippen LogP contribution in [0.5, 0.6) is 11.5 Å². The first-order chi connectivity index (χ1) is 17.0. The van der Waals surface area contributed by atoms with Gasteiger partial charge in [0, 0.05) is 12.1 Å². The average molecular weight is 475 g/mol. The molecule has 1 heterocycles. The van der Waals surface area contributed by atoms with Gasteiger partial charge >= 0.3 is 5.97 Å². The zero-order valence-electron chi connectivity index (χ0n) is 19.9. The first kappa shape index (κ1) is 24.3. The molecule has 1 aliphatic rings. The summed E-state index contributed by atoms with van der Waals surface area (Å²) >= 11 is 0. The van der Waals surface area contributed by atoms with E-state index >= 15 is 0 Å². The van der Waals surface area contributed by atoms with Gasteiger partial charge in [0.2, 0.25) is 5.91 Å². The number of nitrogens with one attached hydrogen (secondary N) is 1. The lowest BCUT2D eigenvalue weighted by Gasteiger charge is -2.31. The van der Waals surface area contributed by atoms with Crippen LogP contribution in [0.3, 0.4) is 0 Å². The standard InChI is InChI=1S/C28H30N2O5/c1-34-24-11-6-12-25(35-2)26(24)20-15-13-19(14-16-20)18-23(28(32)33)30(21-8-4-3-5-9-21)27(31)22-10-7-17-29-22/h3-6,8-9,11-16,22-23,29H,7,10,17-18H2,1-2H3,(H,32,33)/t22-,23-/m0/s1. The molecule has 0 radical (unpaired) electrons. The molecule has 1 fully saturated rings. The molecule has 1 saturated heterocycles. The van der Waals surface area contributed by atoms with Crippen LogP contribution < -0.4 is 19.7 Å². The van der Waals surface area contributed by atoms with E-state index in [1.165, 1.54) is 4.90 Å². The molecular formula is C28H30N2O5. The minimum Gasteiger partial charge on any atom is -0.496 e. The van der Waals surface area contributed by atoms with Crippen LogP contribution >= 0.6 is 0 Å². The molecule has 7 heteroatoms. The highest BCUT2D eigenvalue weighted by Gasteiger charge is 2.36. The molecule has 0 aliphatic carbocycles. The Labute approximate surface area is 205 Å². The van der Waals surface area contributed by atoms with E-state index in [-0.39, 0.29) is 18.4 Å². The second-order valence-electron chi connectivity index (χ2n) is 8.49. The van der Waals surface area contributed by atoms with Crippen molar-refractivity contribution in [3.63, 3.8) is 0 Å². The van der Waals surface area contributed by atoms with Crippen molar-refractivity contribution in [2.45, 2.75) is 31.3 Å². The molecule has 0 spiro atoms. The van der Waals surface area contributed by atoms with Gasteiger partial charge in [-0.3, -0.25) is 9.69 Å². The van der Waals surface area contributed by atoms with Crippen LogP contribution in [-0.2, 0) is 16.0 Å². The Bertz CT molecular complexity index is 1140. The summed E-state index contributed by atoms with van der Waals surface area (Å²) in [6.07, 6.45) is 1.76. The van der Waals surface area contributed by atoms with Crippen LogP contribution in [0, 0.1) is 0 Å². The zero-order chi connectivity index (χ0) is 24.8.